The van der Waals surface area contributed by atoms with E-state index in [0.717, 1.165) is 51.2 Å². The highest BCUT2D eigenvalue weighted by Gasteiger charge is 2.22. The molecule has 0 spiro atoms. The molecular weight excluding hydrogens is 370 g/mol. The van der Waals surface area contributed by atoms with Gasteiger partial charge in [-0.25, -0.2) is 0 Å². The number of carbonyl (C=O) groups excluding carboxylic acids is 1. The summed E-state index contributed by atoms with van der Waals surface area (Å²) in [5.74, 6) is 1.33. The smallest absolute Gasteiger partial charge is 0.241 e. The molecular formula is C21H29N5O3. The van der Waals surface area contributed by atoms with E-state index < -0.39 is 0 Å². The number of hydrogen-bond donors (Lipinski definition) is 1. The second kappa shape index (κ2) is 9.47. The van der Waals surface area contributed by atoms with Crippen molar-refractivity contribution < 1.29 is 14.1 Å². The third-order valence-electron chi connectivity index (χ3n) is 5.52. The Morgan fingerprint density at radius 1 is 1.17 bits per heavy atom. The fraction of sp³-hybridized carbons (Fsp3) is 0.571. The lowest BCUT2D eigenvalue weighted by atomic mass is 10.1. The van der Waals surface area contributed by atoms with E-state index in [4.69, 9.17) is 9.26 Å². The van der Waals surface area contributed by atoms with Gasteiger partial charge in [0.15, 0.2) is 0 Å². The van der Waals surface area contributed by atoms with Crippen LogP contribution in [0.1, 0.15) is 24.3 Å². The van der Waals surface area contributed by atoms with Crippen LogP contribution in [-0.2, 0) is 16.1 Å². The predicted octanol–water partition coefficient (Wildman–Crippen LogP) is 1.46. The largest absolute Gasteiger partial charge is 0.376 e. The zero-order chi connectivity index (χ0) is 20.1. The number of nitrogens with zero attached hydrogens (tertiary/aromatic N) is 4. The highest BCUT2D eigenvalue weighted by atomic mass is 16.5. The maximum atomic E-state index is 12.1. The van der Waals surface area contributed by atoms with E-state index >= 15 is 0 Å². The monoisotopic (exact) mass is 399 g/mol. The number of nitrogens with one attached hydrogen (secondary N) is 1. The normalized spacial score (nSPS) is 20.8. The van der Waals surface area contributed by atoms with Gasteiger partial charge in [0.05, 0.1) is 19.2 Å². The van der Waals surface area contributed by atoms with Gasteiger partial charge in [-0.15, -0.1) is 0 Å². The maximum absolute atomic E-state index is 12.1. The first-order valence-corrected chi connectivity index (χ1v) is 10.4. The number of rotatable bonds is 7. The van der Waals surface area contributed by atoms with Crippen LogP contribution in [0.25, 0.3) is 11.4 Å². The van der Waals surface area contributed by atoms with Crippen LogP contribution in [0.2, 0.25) is 0 Å². The Kier molecular flexibility index (Phi) is 6.53. The standard InChI is InChI=1S/C21H29N5O3/c1-16-4-6-17(7-5-16)21-23-20(29-24-21)15-26-10-8-25(9-11-26)14-19(27)22-13-18-3-2-12-28-18/h4-7,18H,2-3,8-15H2,1H3,(H,22,27). The van der Waals surface area contributed by atoms with Crippen LogP contribution in [0.15, 0.2) is 28.8 Å². The van der Waals surface area contributed by atoms with Gasteiger partial charge in [0.1, 0.15) is 0 Å². The number of aromatic nitrogens is 2. The van der Waals surface area contributed by atoms with E-state index in [2.05, 4.69) is 32.2 Å². The molecule has 0 aliphatic carbocycles. The molecule has 156 valence electrons. The maximum Gasteiger partial charge on any atom is 0.241 e. The zero-order valence-corrected chi connectivity index (χ0v) is 17.0. The van der Waals surface area contributed by atoms with Crippen molar-refractivity contribution in [2.45, 2.75) is 32.4 Å². The highest BCUT2D eigenvalue weighted by Crippen LogP contribution is 2.17. The van der Waals surface area contributed by atoms with Crippen molar-refractivity contribution in [1.29, 1.82) is 0 Å². The van der Waals surface area contributed by atoms with Crippen LogP contribution in [0.3, 0.4) is 0 Å². The van der Waals surface area contributed by atoms with Gasteiger partial charge >= 0.3 is 0 Å². The average molecular weight is 399 g/mol. The zero-order valence-electron chi connectivity index (χ0n) is 17.0. The molecule has 1 N–H and O–H groups in total. The Bertz CT molecular complexity index is 793. The molecule has 2 aromatic rings. The minimum atomic E-state index is 0.0774. The second-order valence-corrected chi connectivity index (χ2v) is 7.87. The van der Waals surface area contributed by atoms with Crippen LogP contribution >= 0.6 is 0 Å². The molecule has 8 nitrogen and oxygen atoms in total. The summed E-state index contributed by atoms with van der Waals surface area (Å²) in [6.07, 6.45) is 2.32. The summed E-state index contributed by atoms with van der Waals surface area (Å²) >= 11 is 0. The van der Waals surface area contributed by atoms with Crippen molar-refractivity contribution in [3.63, 3.8) is 0 Å². The van der Waals surface area contributed by atoms with E-state index in [1.165, 1.54) is 5.56 Å². The number of piperazine rings is 1. The molecule has 1 aromatic heterocycles. The Balaban J connectivity index is 1.19. The highest BCUT2D eigenvalue weighted by molar-refractivity contribution is 5.78. The Hall–Kier alpha value is -2.29. The van der Waals surface area contributed by atoms with Crippen molar-refractivity contribution in [1.82, 2.24) is 25.3 Å². The fourth-order valence-electron chi connectivity index (χ4n) is 3.73. The summed E-state index contributed by atoms with van der Waals surface area (Å²) in [4.78, 5) is 21.1. The SMILES string of the molecule is Cc1ccc(-c2noc(CN3CCN(CC(=O)NCC4CCCO4)CC3)n2)cc1. The third kappa shape index (κ3) is 5.62. The predicted molar refractivity (Wildman–Crippen MR) is 108 cm³/mol. The molecule has 8 heteroatoms. The van der Waals surface area contributed by atoms with Crippen LogP contribution < -0.4 is 5.32 Å². The number of carbonyl (C=O) groups is 1. The summed E-state index contributed by atoms with van der Waals surface area (Å²) in [7, 11) is 0. The van der Waals surface area contributed by atoms with Crippen molar-refractivity contribution in [2.75, 3.05) is 45.9 Å². The third-order valence-corrected chi connectivity index (χ3v) is 5.52. The van der Waals surface area contributed by atoms with Gasteiger partial charge in [-0.2, -0.15) is 4.98 Å². The first kappa shape index (κ1) is 20.0. The molecule has 29 heavy (non-hydrogen) atoms. The lowest BCUT2D eigenvalue weighted by Crippen LogP contribution is -2.49. The number of hydrogen-bond acceptors (Lipinski definition) is 7. The van der Waals surface area contributed by atoms with Crippen LogP contribution in [0.4, 0.5) is 0 Å². The summed E-state index contributed by atoms with van der Waals surface area (Å²) in [5, 5.41) is 7.09. The van der Waals surface area contributed by atoms with Crippen molar-refractivity contribution in [2.24, 2.45) is 0 Å². The molecule has 2 aliphatic rings. The lowest BCUT2D eigenvalue weighted by Gasteiger charge is -2.33. The number of ether oxygens (including phenoxy) is 1. The summed E-state index contributed by atoms with van der Waals surface area (Å²) in [5.41, 5.74) is 2.17. The lowest BCUT2D eigenvalue weighted by molar-refractivity contribution is -0.123. The molecule has 2 aliphatic heterocycles. The average Bonchev–Trinajstić information content (AvgIpc) is 3.41. The van der Waals surface area contributed by atoms with Gasteiger partial charge in [-0.3, -0.25) is 14.6 Å². The van der Waals surface area contributed by atoms with Crippen LogP contribution in [0, 0.1) is 6.92 Å². The van der Waals surface area contributed by atoms with E-state index in [0.29, 0.717) is 31.3 Å². The molecule has 4 rings (SSSR count). The molecule has 1 unspecified atom stereocenters. The molecule has 1 aromatic carbocycles. The van der Waals surface area contributed by atoms with Crippen LogP contribution in [0.5, 0.6) is 0 Å². The molecule has 2 fully saturated rings. The molecule has 0 saturated carbocycles. The van der Waals surface area contributed by atoms with E-state index in [1.54, 1.807) is 0 Å². The molecule has 3 heterocycles. The topological polar surface area (TPSA) is 83.7 Å². The minimum absolute atomic E-state index is 0.0774. The van der Waals surface area contributed by atoms with Gasteiger partial charge in [-0.05, 0) is 19.8 Å². The summed E-state index contributed by atoms with van der Waals surface area (Å²) in [6.45, 7) is 8.03. The first-order valence-electron chi connectivity index (χ1n) is 10.4. The molecule has 1 amide bonds. The number of benzene rings is 1. The minimum Gasteiger partial charge on any atom is -0.376 e. The molecule has 0 bridgehead atoms. The Labute approximate surface area is 171 Å². The summed E-state index contributed by atoms with van der Waals surface area (Å²) < 4.78 is 11.0. The first-order chi connectivity index (χ1) is 14.2. The van der Waals surface area contributed by atoms with Crippen LogP contribution in [-0.4, -0.2) is 77.8 Å². The van der Waals surface area contributed by atoms with Gasteiger partial charge in [0, 0.05) is 44.9 Å². The van der Waals surface area contributed by atoms with E-state index in [9.17, 15) is 4.79 Å². The van der Waals surface area contributed by atoms with Crippen molar-refractivity contribution in [3.8, 4) is 11.4 Å². The van der Waals surface area contributed by atoms with Crippen molar-refractivity contribution >= 4 is 5.91 Å². The second-order valence-electron chi connectivity index (χ2n) is 7.87. The van der Waals surface area contributed by atoms with E-state index in [-0.39, 0.29) is 12.0 Å². The fourth-order valence-corrected chi connectivity index (χ4v) is 3.73. The Morgan fingerprint density at radius 2 is 1.93 bits per heavy atom. The number of amides is 1. The number of aryl methyl sites for hydroxylation is 1. The molecule has 0 radical (unpaired) electrons. The molecule has 2 saturated heterocycles. The van der Waals surface area contributed by atoms with Gasteiger partial charge in [0.25, 0.3) is 0 Å². The van der Waals surface area contributed by atoms with E-state index in [1.807, 2.05) is 24.3 Å². The van der Waals surface area contributed by atoms with Gasteiger partial charge in [0.2, 0.25) is 17.6 Å². The Morgan fingerprint density at radius 3 is 2.66 bits per heavy atom. The van der Waals surface area contributed by atoms with Gasteiger partial charge < -0.3 is 14.6 Å². The molecule has 1 atom stereocenters. The van der Waals surface area contributed by atoms with Gasteiger partial charge in [-0.1, -0.05) is 35.0 Å². The quantitative estimate of drug-likeness (QED) is 0.755. The van der Waals surface area contributed by atoms with Crippen molar-refractivity contribution in [3.05, 3.63) is 35.7 Å². The summed E-state index contributed by atoms with van der Waals surface area (Å²) in [6, 6.07) is 8.10.